The van der Waals surface area contributed by atoms with Gasteiger partial charge in [-0.3, -0.25) is 0 Å². The molecule has 5 nitrogen and oxygen atoms in total. The Hall–Kier alpha value is -1.36. The zero-order chi connectivity index (χ0) is 12.9. The third-order valence-corrected chi connectivity index (χ3v) is 2.53. The van der Waals surface area contributed by atoms with Crippen LogP contribution in [0.3, 0.4) is 0 Å². The third kappa shape index (κ3) is 4.19. The fourth-order valence-electron chi connectivity index (χ4n) is 1.22. The number of nitrogens with one attached hydrogen (secondary N) is 1. The Kier molecular flexibility index (Phi) is 4.69. The molecule has 0 saturated carbocycles. The molecule has 1 unspecified atom stereocenters. The lowest BCUT2D eigenvalue weighted by Crippen LogP contribution is -2.38. The summed E-state index contributed by atoms with van der Waals surface area (Å²) in [6.07, 6.45) is 2.50. The lowest BCUT2D eigenvalue weighted by molar-refractivity contribution is 0.217. The van der Waals surface area contributed by atoms with Crippen LogP contribution in [-0.2, 0) is 0 Å². The molecule has 0 aliphatic heterocycles. The summed E-state index contributed by atoms with van der Waals surface area (Å²) >= 11 is 0. The highest BCUT2D eigenvalue weighted by Gasteiger charge is 2.21. The summed E-state index contributed by atoms with van der Waals surface area (Å²) in [5, 5.41) is 12.4. The largest absolute Gasteiger partial charge is 0.475 e. The van der Waals surface area contributed by atoms with E-state index < -0.39 is 5.54 Å². The molecule has 0 bridgehead atoms. The van der Waals surface area contributed by atoms with Crippen LogP contribution in [0.4, 0.5) is 5.95 Å². The van der Waals surface area contributed by atoms with Crippen molar-refractivity contribution in [3.63, 3.8) is 0 Å². The Bertz CT molecular complexity index is 351. The van der Waals surface area contributed by atoms with Gasteiger partial charge in [-0.05, 0) is 27.2 Å². The van der Waals surface area contributed by atoms with E-state index in [2.05, 4.69) is 15.3 Å². The van der Waals surface area contributed by atoms with E-state index in [4.69, 9.17) is 4.74 Å². The molecule has 0 aromatic carbocycles. The smallest absolute Gasteiger partial charge is 0.226 e. The van der Waals surface area contributed by atoms with Crippen molar-refractivity contribution in [3.8, 4) is 5.88 Å². The Morgan fingerprint density at radius 1 is 1.53 bits per heavy atom. The first kappa shape index (κ1) is 13.7. The van der Waals surface area contributed by atoms with Gasteiger partial charge in [0.25, 0.3) is 0 Å². The van der Waals surface area contributed by atoms with E-state index in [0.717, 1.165) is 6.42 Å². The number of ether oxygens (including phenoxy) is 1. The molecule has 0 spiro atoms. The van der Waals surface area contributed by atoms with Crippen LogP contribution in [0.15, 0.2) is 12.3 Å². The van der Waals surface area contributed by atoms with E-state index in [1.165, 1.54) is 0 Å². The van der Waals surface area contributed by atoms with Crippen molar-refractivity contribution in [2.45, 2.75) is 45.8 Å². The third-order valence-electron chi connectivity index (χ3n) is 2.53. The number of nitrogens with zero attached hydrogens (tertiary/aromatic N) is 2. The van der Waals surface area contributed by atoms with Crippen molar-refractivity contribution < 1.29 is 9.84 Å². The lowest BCUT2D eigenvalue weighted by Gasteiger charge is -2.27. The van der Waals surface area contributed by atoms with Gasteiger partial charge in [0.05, 0.1) is 18.2 Å². The molecule has 96 valence electrons. The Morgan fingerprint density at radius 2 is 2.24 bits per heavy atom. The number of anilines is 1. The van der Waals surface area contributed by atoms with Crippen LogP contribution in [0.25, 0.3) is 0 Å². The number of aliphatic hydroxyl groups is 1. The van der Waals surface area contributed by atoms with E-state index in [9.17, 15) is 5.11 Å². The first-order valence-electron chi connectivity index (χ1n) is 5.88. The highest BCUT2D eigenvalue weighted by molar-refractivity contribution is 5.31. The highest BCUT2D eigenvalue weighted by atomic mass is 16.5. The van der Waals surface area contributed by atoms with Gasteiger partial charge >= 0.3 is 0 Å². The van der Waals surface area contributed by atoms with Gasteiger partial charge in [0.1, 0.15) is 0 Å². The minimum atomic E-state index is -0.406. The van der Waals surface area contributed by atoms with Crippen LogP contribution >= 0.6 is 0 Å². The molecule has 0 saturated heterocycles. The molecule has 0 fully saturated rings. The topological polar surface area (TPSA) is 67.3 Å². The average molecular weight is 239 g/mol. The van der Waals surface area contributed by atoms with Crippen molar-refractivity contribution in [2.75, 3.05) is 11.9 Å². The van der Waals surface area contributed by atoms with Crippen molar-refractivity contribution >= 4 is 5.95 Å². The number of aliphatic hydroxyl groups excluding tert-OH is 1. The predicted octanol–water partition coefficient (Wildman–Crippen LogP) is 1.84. The fourth-order valence-corrected chi connectivity index (χ4v) is 1.22. The molecular formula is C12H21N3O2. The summed E-state index contributed by atoms with van der Waals surface area (Å²) in [6, 6.07) is 1.72. The van der Waals surface area contributed by atoms with Crippen LogP contribution < -0.4 is 10.1 Å². The minimum Gasteiger partial charge on any atom is -0.475 e. The minimum absolute atomic E-state index is 0.0299. The second-order valence-electron chi connectivity index (χ2n) is 4.58. The lowest BCUT2D eigenvalue weighted by atomic mass is 10.0. The average Bonchev–Trinajstić information content (AvgIpc) is 2.28. The highest BCUT2D eigenvalue weighted by Crippen LogP contribution is 2.17. The van der Waals surface area contributed by atoms with Crippen molar-refractivity contribution in [3.05, 3.63) is 12.3 Å². The Morgan fingerprint density at radius 3 is 2.76 bits per heavy atom. The van der Waals surface area contributed by atoms with Crippen LogP contribution in [0.5, 0.6) is 5.88 Å². The van der Waals surface area contributed by atoms with E-state index in [1.54, 1.807) is 12.3 Å². The van der Waals surface area contributed by atoms with Gasteiger partial charge in [0.15, 0.2) is 0 Å². The first-order chi connectivity index (χ1) is 7.99. The maximum atomic E-state index is 9.31. The summed E-state index contributed by atoms with van der Waals surface area (Å²) in [7, 11) is 0. The molecule has 1 rings (SSSR count). The first-order valence-corrected chi connectivity index (χ1v) is 5.88. The summed E-state index contributed by atoms with van der Waals surface area (Å²) in [5.74, 6) is 1.01. The van der Waals surface area contributed by atoms with E-state index in [0.29, 0.717) is 11.8 Å². The molecule has 0 aliphatic carbocycles. The normalized spacial score (nSPS) is 14.5. The molecule has 1 atom stereocenters. The molecule has 0 amide bonds. The zero-order valence-electron chi connectivity index (χ0n) is 10.9. The summed E-state index contributed by atoms with van der Waals surface area (Å²) in [4.78, 5) is 8.35. The van der Waals surface area contributed by atoms with E-state index >= 15 is 0 Å². The number of hydrogen-bond acceptors (Lipinski definition) is 5. The van der Waals surface area contributed by atoms with Crippen LogP contribution in [-0.4, -0.2) is 33.3 Å². The van der Waals surface area contributed by atoms with Gasteiger partial charge in [-0.2, -0.15) is 4.98 Å². The molecule has 1 aromatic rings. The van der Waals surface area contributed by atoms with Crippen LogP contribution in [0, 0.1) is 0 Å². The second kappa shape index (κ2) is 5.82. The van der Waals surface area contributed by atoms with Gasteiger partial charge in [-0.1, -0.05) is 6.92 Å². The van der Waals surface area contributed by atoms with Crippen LogP contribution in [0.2, 0.25) is 0 Å². The Balaban J connectivity index is 2.78. The number of aromatic nitrogens is 2. The standard InChI is InChI=1S/C12H21N3O2/c1-5-12(4,8-16)15-11-13-7-6-10(14-11)17-9(2)3/h6-7,9,16H,5,8H2,1-4H3,(H,13,14,15). The summed E-state index contributed by atoms with van der Waals surface area (Å²) in [6.45, 7) is 7.84. The zero-order valence-corrected chi connectivity index (χ0v) is 10.9. The molecule has 1 heterocycles. The molecule has 0 aliphatic rings. The van der Waals surface area contributed by atoms with Crippen LogP contribution in [0.1, 0.15) is 34.1 Å². The summed E-state index contributed by atoms with van der Waals surface area (Å²) in [5.41, 5.74) is -0.406. The molecule has 1 aromatic heterocycles. The maximum absolute atomic E-state index is 9.31. The quantitative estimate of drug-likeness (QED) is 0.792. The van der Waals surface area contributed by atoms with Gasteiger partial charge < -0.3 is 15.2 Å². The van der Waals surface area contributed by atoms with Gasteiger partial charge in [-0.25, -0.2) is 4.98 Å². The summed E-state index contributed by atoms with van der Waals surface area (Å²) < 4.78 is 5.48. The van der Waals surface area contributed by atoms with Crippen molar-refractivity contribution in [1.29, 1.82) is 0 Å². The number of hydrogen-bond donors (Lipinski definition) is 2. The van der Waals surface area contributed by atoms with Crippen molar-refractivity contribution in [1.82, 2.24) is 9.97 Å². The monoisotopic (exact) mass is 239 g/mol. The van der Waals surface area contributed by atoms with E-state index in [1.807, 2.05) is 27.7 Å². The van der Waals surface area contributed by atoms with Gasteiger partial charge in [0, 0.05) is 12.3 Å². The van der Waals surface area contributed by atoms with Gasteiger partial charge in [0.2, 0.25) is 11.8 Å². The molecule has 0 radical (unpaired) electrons. The predicted molar refractivity (Wildman–Crippen MR) is 67.2 cm³/mol. The Labute approximate surface area is 102 Å². The molecule has 17 heavy (non-hydrogen) atoms. The molecule has 2 N–H and O–H groups in total. The van der Waals surface area contributed by atoms with E-state index in [-0.39, 0.29) is 12.7 Å². The maximum Gasteiger partial charge on any atom is 0.226 e. The van der Waals surface area contributed by atoms with Gasteiger partial charge in [-0.15, -0.1) is 0 Å². The fraction of sp³-hybridized carbons (Fsp3) is 0.667. The SMILES string of the molecule is CCC(C)(CO)Nc1nccc(OC(C)C)n1. The molecule has 5 heteroatoms. The van der Waals surface area contributed by atoms with Crippen molar-refractivity contribution in [2.24, 2.45) is 0 Å². The number of rotatable bonds is 6. The second-order valence-corrected chi connectivity index (χ2v) is 4.58. The molecular weight excluding hydrogens is 218 g/mol.